The molecule has 1 amide bonds. The summed E-state index contributed by atoms with van der Waals surface area (Å²) in [6.07, 6.45) is 3.36. The van der Waals surface area contributed by atoms with Gasteiger partial charge in [-0.2, -0.15) is 10.1 Å². The van der Waals surface area contributed by atoms with Crippen LogP contribution in [-0.2, 0) is 11.2 Å². The van der Waals surface area contributed by atoms with Crippen LogP contribution >= 0.6 is 0 Å². The summed E-state index contributed by atoms with van der Waals surface area (Å²) in [5.41, 5.74) is 0. The average molecular weight is 376 g/mol. The molecule has 1 saturated heterocycles. The normalized spacial score (nSPS) is 19.3. The van der Waals surface area contributed by atoms with Crippen molar-refractivity contribution in [1.82, 2.24) is 30.0 Å². The molecule has 1 aliphatic rings. The minimum Gasteiger partial charge on any atom is -0.349 e. The van der Waals surface area contributed by atoms with E-state index in [1.807, 2.05) is 19.0 Å². The zero-order chi connectivity index (χ0) is 19.4. The van der Waals surface area contributed by atoms with Crippen molar-refractivity contribution in [3.63, 3.8) is 0 Å². The molecular weight excluding hydrogens is 351 g/mol. The molecule has 0 spiro atoms. The summed E-state index contributed by atoms with van der Waals surface area (Å²) in [6.45, 7) is 0.714. The lowest BCUT2D eigenvalue weighted by Crippen LogP contribution is -2.41. The summed E-state index contributed by atoms with van der Waals surface area (Å²) in [5, 5.41) is 6.52. The SMILES string of the molecule is CN(C[C@@H]1C[C@H](F)CN1c1ccnc(N(C)C)n1)C(=O)CCc1ncn[nH]1. The first kappa shape index (κ1) is 19.0. The lowest BCUT2D eigenvalue weighted by molar-refractivity contribution is -0.130. The van der Waals surface area contributed by atoms with E-state index in [1.54, 1.807) is 29.1 Å². The molecule has 0 saturated carbocycles. The first-order valence-corrected chi connectivity index (χ1v) is 8.93. The average Bonchev–Trinajstić information content (AvgIpc) is 3.29. The van der Waals surface area contributed by atoms with E-state index in [1.165, 1.54) is 6.33 Å². The lowest BCUT2D eigenvalue weighted by atomic mass is 10.2. The Kier molecular flexibility index (Phi) is 5.82. The van der Waals surface area contributed by atoms with E-state index < -0.39 is 6.17 Å². The van der Waals surface area contributed by atoms with Gasteiger partial charge in [0.2, 0.25) is 11.9 Å². The fourth-order valence-electron chi connectivity index (χ4n) is 3.21. The van der Waals surface area contributed by atoms with Crippen molar-refractivity contribution in [1.29, 1.82) is 0 Å². The second-order valence-corrected chi connectivity index (χ2v) is 6.95. The molecule has 2 atom stereocenters. The first-order valence-electron chi connectivity index (χ1n) is 8.93. The third kappa shape index (κ3) is 4.69. The Hall–Kier alpha value is -2.78. The van der Waals surface area contributed by atoms with Gasteiger partial charge in [0.25, 0.3) is 0 Å². The van der Waals surface area contributed by atoms with Gasteiger partial charge in [-0.05, 0) is 6.07 Å². The molecule has 3 heterocycles. The summed E-state index contributed by atoms with van der Waals surface area (Å²) in [7, 11) is 5.47. The van der Waals surface area contributed by atoms with Gasteiger partial charge >= 0.3 is 0 Å². The maximum Gasteiger partial charge on any atom is 0.226 e. The largest absolute Gasteiger partial charge is 0.349 e. The summed E-state index contributed by atoms with van der Waals surface area (Å²) >= 11 is 0. The number of rotatable bonds is 7. The minimum absolute atomic E-state index is 0.00896. The fraction of sp³-hybridized carbons (Fsp3) is 0.588. The number of likely N-dealkylation sites (N-methyl/N-ethyl adjacent to an activating group) is 1. The first-order chi connectivity index (χ1) is 12.9. The quantitative estimate of drug-likeness (QED) is 0.759. The van der Waals surface area contributed by atoms with E-state index in [-0.39, 0.29) is 18.5 Å². The zero-order valence-electron chi connectivity index (χ0n) is 15.8. The van der Waals surface area contributed by atoms with E-state index in [4.69, 9.17) is 0 Å². The Bertz CT molecular complexity index is 753. The molecular formula is C17H25FN8O. The molecule has 1 N–H and O–H groups in total. The topological polar surface area (TPSA) is 94.1 Å². The van der Waals surface area contributed by atoms with Crippen molar-refractivity contribution >= 4 is 17.7 Å². The Morgan fingerprint density at radius 3 is 2.89 bits per heavy atom. The van der Waals surface area contributed by atoms with Crippen LogP contribution < -0.4 is 9.80 Å². The third-order valence-corrected chi connectivity index (χ3v) is 4.64. The number of alkyl halides is 1. The molecule has 0 radical (unpaired) electrons. The summed E-state index contributed by atoms with van der Waals surface area (Å²) in [6, 6.07) is 1.66. The van der Waals surface area contributed by atoms with E-state index in [0.717, 1.165) is 0 Å². The second kappa shape index (κ2) is 8.28. The Labute approximate surface area is 157 Å². The molecule has 0 aromatic carbocycles. The van der Waals surface area contributed by atoms with E-state index in [9.17, 15) is 9.18 Å². The van der Waals surface area contributed by atoms with Gasteiger partial charge in [-0.15, -0.1) is 0 Å². The maximum atomic E-state index is 14.1. The zero-order valence-corrected chi connectivity index (χ0v) is 15.8. The third-order valence-electron chi connectivity index (χ3n) is 4.64. The Morgan fingerprint density at radius 2 is 2.19 bits per heavy atom. The molecule has 2 aromatic heterocycles. The van der Waals surface area contributed by atoms with Gasteiger partial charge in [0.05, 0.1) is 12.6 Å². The maximum absolute atomic E-state index is 14.1. The van der Waals surface area contributed by atoms with Crippen LogP contribution in [0.1, 0.15) is 18.7 Å². The number of anilines is 2. The Morgan fingerprint density at radius 1 is 1.37 bits per heavy atom. The van der Waals surface area contributed by atoms with Crippen LogP contribution in [0.2, 0.25) is 0 Å². The number of nitrogens with one attached hydrogen (secondary N) is 1. The molecule has 0 bridgehead atoms. The smallest absolute Gasteiger partial charge is 0.226 e. The number of nitrogens with zero attached hydrogens (tertiary/aromatic N) is 7. The van der Waals surface area contributed by atoms with Crippen LogP contribution in [0.4, 0.5) is 16.2 Å². The van der Waals surface area contributed by atoms with Crippen LogP contribution in [-0.4, -0.2) is 82.4 Å². The van der Waals surface area contributed by atoms with Crippen LogP contribution in [0.5, 0.6) is 0 Å². The predicted octanol–water partition coefficient (Wildman–Crippen LogP) is 0.669. The van der Waals surface area contributed by atoms with Crippen molar-refractivity contribution in [2.45, 2.75) is 31.5 Å². The Balaban J connectivity index is 1.63. The molecule has 2 aromatic rings. The number of aryl methyl sites for hydroxylation is 1. The lowest BCUT2D eigenvalue weighted by Gasteiger charge is -2.29. The van der Waals surface area contributed by atoms with Gasteiger partial charge in [-0.25, -0.2) is 14.4 Å². The predicted molar refractivity (Wildman–Crippen MR) is 99.3 cm³/mol. The van der Waals surface area contributed by atoms with Crippen LogP contribution in [0.3, 0.4) is 0 Å². The molecule has 1 fully saturated rings. The van der Waals surface area contributed by atoms with Gasteiger partial charge in [0.15, 0.2) is 0 Å². The van der Waals surface area contributed by atoms with Crippen LogP contribution in [0, 0.1) is 0 Å². The van der Waals surface area contributed by atoms with Gasteiger partial charge < -0.3 is 14.7 Å². The van der Waals surface area contributed by atoms with Crippen molar-refractivity contribution in [2.24, 2.45) is 0 Å². The molecule has 146 valence electrons. The highest BCUT2D eigenvalue weighted by Gasteiger charge is 2.34. The van der Waals surface area contributed by atoms with Crippen LogP contribution in [0.25, 0.3) is 0 Å². The van der Waals surface area contributed by atoms with E-state index >= 15 is 0 Å². The van der Waals surface area contributed by atoms with E-state index in [2.05, 4.69) is 25.1 Å². The molecule has 3 rings (SSSR count). The minimum atomic E-state index is -0.939. The molecule has 9 nitrogen and oxygen atoms in total. The standard InChI is InChI=1S/C17H25FN8O/c1-24(2)17-19-7-6-15(22-17)26-9-12(18)8-13(26)10-25(3)16(27)5-4-14-20-11-21-23-14/h6-7,11-13H,4-5,8-10H2,1-3H3,(H,20,21,23)/t12-,13-/m0/s1. The second-order valence-electron chi connectivity index (χ2n) is 6.95. The number of amides is 1. The van der Waals surface area contributed by atoms with Gasteiger partial charge in [-0.3, -0.25) is 9.89 Å². The van der Waals surface area contributed by atoms with Gasteiger partial charge in [0, 0.05) is 53.1 Å². The molecule has 10 heteroatoms. The van der Waals surface area contributed by atoms with Crippen LogP contribution in [0.15, 0.2) is 18.6 Å². The van der Waals surface area contributed by atoms with E-state index in [0.29, 0.717) is 43.4 Å². The molecule has 27 heavy (non-hydrogen) atoms. The van der Waals surface area contributed by atoms with Crippen molar-refractivity contribution in [2.75, 3.05) is 44.0 Å². The van der Waals surface area contributed by atoms with Gasteiger partial charge in [-0.1, -0.05) is 0 Å². The summed E-state index contributed by atoms with van der Waals surface area (Å²) in [5.74, 6) is 1.93. The van der Waals surface area contributed by atoms with Crippen molar-refractivity contribution < 1.29 is 9.18 Å². The molecule has 0 aliphatic carbocycles. The van der Waals surface area contributed by atoms with Crippen molar-refractivity contribution in [3.05, 3.63) is 24.4 Å². The molecule has 1 aliphatic heterocycles. The summed E-state index contributed by atoms with van der Waals surface area (Å²) in [4.78, 5) is 30.5. The number of H-pyrrole nitrogens is 1. The number of carbonyl (C=O) groups is 1. The summed E-state index contributed by atoms with van der Waals surface area (Å²) < 4.78 is 14.1. The highest BCUT2D eigenvalue weighted by molar-refractivity contribution is 5.76. The highest BCUT2D eigenvalue weighted by Crippen LogP contribution is 2.27. The van der Waals surface area contributed by atoms with Gasteiger partial charge in [0.1, 0.15) is 24.1 Å². The number of carbonyl (C=O) groups excluding carboxylic acids is 1. The fourth-order valence-corrected chi connectivity index (χ4v) is 3.21. The number of aromatic nitrogens is 5. The highest BCUT2D eigenvalue weighted by atomic mass is 19.1. The van der Waals surface area contributed by atoms with Crippen molar-refractivity contribution in [3.8, 4) is 0 Å². The number of hydrogen-bond acceptors (Lipinski definition) is 7. The number of hydrogen-bond donors (Lipinski definition) is 1. The number of halogens is 1. The monoisotopic (exact) mass is 376 g/mol. The number of aromatic amines is 1. The molecule has 0 unspecified atom stereocenters.